The zero-order valence-corrected chi connectivity index (χ0v) is 11.7. The third-order valence-electron chi connectivity index (χ3n) is 3.00. The molecule has 19 heavy (non-hydrogen) atoms. The molecule has 0 aliphatic carbocycles. The molecule has 0 fully saturated rings. The van der Waals surface area contributed by atoms with Crippen molar-refractivity contribution in [3.63, 3.8) is 0 Å². The van der Waals surface area contributed by atoms with Crippen molar-refractivity contribution in [2.45, 2.75) is 19.4 Å². The Balaban J connectivity index is 2.15. The van der Waals surface area contributed by atoms with Crippen LogP contribution in [0.5, 0.6) is 0 Å². The standard InChI is InChI=1S/C14H16ClN3O/c1-3-12(10-5-4-6-16-8-10)17-14(19)13-7-11(15)9-18(13)2/h4-9,12H,3H2,1-2H3,(H,17,19)/t12-/m0/s1. The van der Waals surface area contributed by atoms with E-state index < -0.39 is 0 Å². The van der Waals surface area contributed by atoms with Crippen LogP contribution in [0.4, 0.5) is 0 Å². The lowest BCUT2D eigenvalue weighted by atomic mass is 10.1. The molecule has 2 aromatic rings. The monoisotopic (exact) mass is 277 g/mol. The molecule has 0 radical (unpaired) electrons. The average molecular weight is 278 g/mol. The van der Waals surface area contributed by atoms with Gasteiger partial charge < -0.3 is 9.88 Å². The average Bonchev–Trinajstić information content (AvgIpc) is 2.76. The number of rotatable bonds is 4. The van der Waals surface area contributed by atoms with Crippen LogP contribution in [0.25, 0.3) is 0 Å². The summed E-state index contributed by atoms with van der Waals surface area (Å²) in [5.74, 6) is -0.134. The van der Waals surface area contributed by atoms with Crippen LogP contribution in [0.3, 0.4) is 0 Å². The molecular formula is C14H16ClN3O. The van der Waals surface area contributed by atoms with Crippen molar-refractivity contribution >= 4 is 17.5 Å². The fourth-order valence-corrected chi connectivity index (χ4v) is 2.24. The number of hydrogen-bond acceptors (Lipinski definition) is 2. The molecule has 2 rings (SSSR count). The summed E-state index contributed by atoms with van der Waals surface area (Å²) in [4.78, 5) is 16.3. The van der Waals surface area contributed by atoms with Crippen molar-refractivity contribution in [3.8, 4) is 0 Å². The van der Waals surface area contributed by atoms with Crippen molar-refractivity contribution in [1.82, 2.24) is 14.9 Å². The molecule has 100 valence electrons. The van der Waals surface area contributed by atoms with Gasteiger partial charge in [0.05, 0.1) is 11.1 Å². The van der Waals surface area contributed by atoms with E-state index in [1.807, 2.05) is 19.1 Å². The van der Waals surface area contributed by atoms with Crippen LogP contribution in [0.2, 0.25) is 5.02 Å². The Morgan fingerprint density at radius 3 is 2.89 bits per heavy atom. The number of aromatic nitrogens is 2. The molecule has 1 amide bonds. The van der Waals surface area contributed by atoms with Crippen molar-refractivity contribution < 1.29 is 4.79 Å². The van der Waals surface area contributed by atoms with Gasteiger partial charge in [-0.15, -0.1) is 0 Å². The lowest BCUT2D eigenvalue weighted by molar-refractivity contribution is 0.0927. The number of nitrogens with one attached hydrogen (secondary N) is 1. The molecule has 0 saturated heterocycles. The Morgan fingerprint density at radius 2 is 2.37 bits per heavy atom. The number of hydrogen-bond donors (Lipinski definition) is 1. The van der Waals surface area contributed by atoms with Gasteiger partial charge in [-0.25, -0.2) is 0 Å². The molecule has 0 spiro atoms. The van der Waals surface area contributed by atoms with E-state index in [0.29, 0.717) is 10.7 Å². The minimum absolute atomic E-state index is 0.0464. The van der Waals surface area contributed by atoms with Crippen LogP contribution in [0.15, 0.2) is 36.8 Å². The van der Waals surface area contributed by atoms with Crippen LogP contribution in [-0.2, 0) is 7.05 Å². The van der Waals surface area contributed by atoms with E-state index in [-0.39, 0.29) is 11.9 Å². The summed E-state index contributed by atoms with van der Waals surface area (Å²) in [7, 11) is 1.80. The molecule has 5 heteroatoms. The lowest BCUT2D eigenvalue weighted by Crippen LogP contribution is -2.29. The minimum Gasteiger partial charge on any atom is -0.345 e. The summed E-state index contributed by atoms with van der Waals surface area (Å²) >= 11 is 5.89. The second kappa shape index (κ2) is 5.89. The summed E-state index contributed by atoms with van der Waals surface area (Å²) in [6.07, 6.45) is 6.00. The predicted octanol–water partition coefficient (Wildman–Crippen LogP) is 2.95. The Labute approximate surface area is 117 Å². The molecule has 0 unspecified atom stereocenters. The van der Waals surface area contributed by atoms with Gasteiger partial charge in [0.2, 0.25) is 0 Å². The van der Waals surface area contributed by atoms with Gasteiger partial charge in [-0.05, 0) is 24.1 Å². The highest BCUT2D eigenvalue weighted by atomic mass is 35.5. The normalized spacial score (nSPS) is 12.2. The Hall–Kier alpha value is -1.81. The number of nitrogens with zero attached hydrogens (tertiary/aromatic N) is 2. The molecule has 0 bridgehead atoms. The maximum atomic E-state index is 12.2. The van der Waals surface area contributed by atoms with E-state index in [1.54, 1.807) is 36.3 Å². The van der Waals surface area contributed by atoms with Gasteiger partial charge in [0.25, 0.3) is 5.91 Å². The maximum absolute atomic E-state index is 12.2. The Morgan fingerprint density at radius 1 is 1.58 bits per heavy atom. The second-order valence-electron chi connectivity index (χ2n) is 4.38. The molecular weight excluding hydrogens is 262 g/mol. The van der Waals surface area contributed by atoms with E-state index in [4.69, 9.17) is 11.6 Å². The summed E-state index contributed by atoms with van der Waals surface area (Å²) in [5, 5.41) is 3.55. The van der Waals surface area contributed by atoms with Crippen LogP contribution >= 0.6 is 11.6 Å². The fourth-order valence-electron chi connectivity index (χ4n) is 1.99. The Kier molecular flexibility index (Phi) is 4.22. The highest BCUT2D eigenvalue weighted by Gasteiger charge is 2.16. The predicted molar refractivity (Wildman–Crippen MR) is 75.2 cm³/mol. The smallest absolute Gasteiger partial charge is 0.268 e. The van der Waals surface area contributed by atoms with Crippen LogP contribution < -0.4 is 5.32 Å². The third-order valence-corrected chi connectivity index (χ3v) is 3.21. The molecule has 4 nitrogen and oxygen atoms in total. The second-order valence-corrected chi connectivity index (χ2v) is 4.81. The summed E-state index contributed by atoms with van der Waals surface area (Å²) < 4.78 is 1.72. The van der Waals surface area contributed by atoms with Crippen molar-refractivity contribution in [3.05, 3.63) is 53.1 Å². The molecule has 0 aromatic carbocycles. The number of halogens is 1. The largest absolute Gasteiger partial charge is 0.345 e. The summed E-state index contributed by atoms with van der Waals surface area (Å²) in [5.41, 5.74) is 1.55. The van der Waals surface area contributed by atoms with E-state index in [1.165, 1.54) is 0 Å². The van der Waals surface area contributed by atoms with Crippen LogP contribution in [0.1, 0.15) is 35.4 Å². The lowest BCUT2D eigenvalue weighted by Gasteiger charge is -2.17. The third kappa shape index (κ3) is 3.15. The zero-order chi connectivity index (χ0) is 13.8. The number of carbonyl (C=O) groups is 1. The number of amides is 1. The first-order valence-electron chi connectivity index (χ1n) is 6.14. The van der Waals surface area contributed by atoms with Crippen LogP contribution in [-0.4, -0.2) is 15.5 Å². The maximum Gasteiger partial charge on any atom is 0.268 e. The molecule has 0 saturated carbocycles. The molecule has 2 heterocycles. The molecule has 1 atom stereocenters. The minimum atomic E-state index is -0.134. The van der Waals surface area contributed by atoms with E-state index >= 15 is 0 Å². The van der Waals surface area contributed by atoms with Gasteiger partial charge in [0.1, 0.15) is 5.69 Å². The van der Waals surface area contributed by atoms with E-state index in [9.17, 15) is 4.79 Å². The molecule has 2 aromatic heterocycles. The Bertz CT molecular complexity index is 565. The first-order chi connectivity index (χ1) is 9.11. The highest BCUT2D eigenvalue weighted by molar-refractivity contribution is 6.31. The number of carbonyl (C=O) groups excluding carboxylic acids is 1. The van der Waals surface area contributed by atoms with E-state index in [0.717, 1.165) is 12.0 Å². The van der Waals surface area contributed by atoms with Gasteiger partial charge in [-0.2, -0.15) is 0 Å². The van der Waals surface area contributed by atoms with E-state index in [2.05, 4.69) is 10.3 Å². The summed E-state index contributed by atoms with van der Waals surface area (Å²) in [6, 6.07) is 5.44. The molecule has 0 aliphatic heterocycles. The van der Waals surface area contributed by atoms with Crippen molar-refractivity contribution in [1.29, 1.82) is 0 Å². The van der Waals surface area contributed by atoms with Gasteiger partial charge in [0.15, 0.2) is 0 Å². The first-order valence-corrected chi connectivity index (χ1v) is 6.52. The van der Waals surface area contributed by atoms with Gasteiger partial charge in [-0.1, -0.05) is 24.6 Å². The molecule has 1 N–H and O–H groups in total. The summed E-state index contributed by atoms with van der Waals surface area (Å²) in [6.45, 7) is 2.02. The van der Waals surface area contributed by atoms with Gasteiger partial charge in [0, 0.05) is 25.6 Å². The molecule has 0 aliphatic rings. The first kappa shape index (κ1) is 13.6. The number of pyridine rings is 1. The topological polar surface area (TPSA) is 46.9 Å². The highest BCUT2D eigenvalue weighted by Crippen LogP contribution is 2.17. The van der Waals surface area contributed by atoms with Gasteiger partial charge >= 0.3 is 0 Å². The number of aryl methyl sites for hydroxylation is 1. The SMILES string of the molecule is CC[C@H](NC(=O)c1cc(Cl)cn1C)c1cccnc1. The van der Waals surface area contributed by atoms with Crippen LogP contribution in [0, 0.1) is 0 Å². The van der Waals surface area contributed by atoms with Gasteiger partial charge in [-0.3, -0.25) is 9.78 Å². The zero-order valence-electron chi connectivity index (χ0n) is 10.9. The fraction of sp³-hybridized carbons (Fsp3) is 0.286. The quantitative estimate of drug-likeness (QED) is 0.934. The van der Waals surface area contributed by atoms with Crippen molar-refractivity contribution in [2.24, 2.45) is 7.05 Å². The van der Waals surface area contributed by atoms with Crippen molar-refractivity contribution in [2.75, 3.05) is 0 Å².